The van der Waals surface area contributed by atoms with Gasteiger partial charge in [-0.05, 0) is 12.1 Å². The predicted molar refractivity (Wildman–Crippen MR) is 62.1 cm³/mol. The first-order valence-corrected chi connectivity index (χ1v) is 5.02. The van der Waals surface area contributed by atoms with Gasteiger partial charge in [0, 0.05) is 26.4 Å². The van der Waals surface area contributed by atoms with Crippen LogP contribution in [0.25, 0.3) is 11.4 Å². The molecule has 84 valence electrons. The molecule has 5 nitrogen and oxygen atoms in total. The van der Waals surface area contributed by atoms with Crippen molar-refractivity contribution in [3.63, 3.8) is 0 Å². The van der Waals surface area contributed by atoms with Gasteiger partial charge < -0.3 is 15.0 Å². The van der Waals surface area contributed by atoms with Crippen LogP contribution >= 0.6 is 0 Å². The topological polar surface area (TPSA) is 62.8 Å². The minimum Gasteiger partial charge on any atom is -0.377 e. The van der Waals surface area contributed by atoms with Crippen molar-refractivity contribution in [2.45, 2.75) is 6.61 Å². The van der Waals surface area contributed by atoms with Crippen LogP contribution in [0.15, 0.2) is 24.4 Å². The molecule has 0 saturated heterocycles. The third kappa shape index (κ3) is 2.20. The monoisotopic (exact) mass is 218 g/mol. The Morgan fingerprint density at radius 3 is 2.94 bits per heavy atom. The van der Waals surface area contributed by atoms with Gasteiger partial charge in [0.1, 0.15) is 12.4 Å². The molecule has 2 rings (SSSR count). The smallest absolute Gasteiger partial charge is 0.157 e. The average molecular weight is 218 g/mol. The lowest BCUT2D eigenvalue weighted by molar-refractivity contribution is 0.178. The lowest BCUT2D eigenvalue weighted by Crippen LogP contribution is -2.02. The lowest BCUT2D eigenvalue weighted by Gasteiger charge is -2.06. The van der Waals surface area contributed by atoms with Gasteiger partial charge >= 0.3 is 0 Å². The molecule has 5 heteroatoms. The Morgan fingerprint density at radius 2 is 2.31 bits per heavy atom. The summed E-state index contributed by atoms with van der Waals surface area (Å²) < 4.78 is 5.04. The maximum absolute atomic E-state index is 5.04. The second kappa shape index (κ2) is 4.76. The summed E-state index contributed by atoms with van der Waals surface area (Å²) in [6, 6.07) is 5.80. The number of nitrogens with one attached hydrogen (secondary N) is 2. The van der Waals surface area contributed by atoms with E-state index in [-0.39, 0.29) is 0 Å². The van der Waals surface area contributed by atoms with Crippen molar-refractivity contribution >= 4 is 5.82 Å². The zero-order chi connectivity index (χ0) is 11.4. The number of methoxy groups -OCH3 is 1. The van der Waals surface area contributed by atoms with Crippen LogP contribution in [0.2, 0.25) is 0 Å². The first kappa shape index (κ1) is 10.6. The SMILES string of the molecule is CNc1cc(-c2ccc[nH]2)nc(COC)n1. The maximum Gasteiger partial charge on any atom is 0.157 e. The number of aromatic amines is 1. The molecule has 16 heavy (non-hydrogen) atoms. The number of aromatic nitrogens is 3. The van der Waals surface area contributed by atoms with Crippen LogP contribution in [0.3, 0.4) is 0 Å². The summed E-state index contributed by atoms with van der Waals surface area (Å²) in [5.41, 5.74) is 1.83. The molecule has 0 atom stereocenters. The van der Waals surface area contributed by atoms with Gasteiger partial charge in [0.15, 0.2) is 5.82 Å². The van der Waals surface area contributed by atoms with Gasteiger partial charge in [-0.25, -0.2) is 9.97 Å². The van der Waals surface area contributed by atoms with E-state index in [0.717, 1.165) is 17.2 Å². The maximum atomic E-state index is 5.04. The number of hydrogen-bond donors (Lipinski definition) is 2. The van der Waals surface area contributed by atoms with Crippen LogP contribution in [-0.4, -0.2) is 29.1 Å². The van der Waals surface area contributed by atoms with Gasteiger partial charge in [0.25, 0.3) is 0 Å². The zero-order valence-corrected chi connectivity index (χ0v) is 9.32. The molecule has 0 spiro atoms. The van der Waals surface area contributed by atoms with Crippen LogP contribution in [0.1, 0.15) is 5.82 Å². The minimum absolute atomic E-state index is 0.406. The molecule has 0 bridgehead atoms. The van der Waals surface area contributed by atoms with Crippen molar-refractivity contribution in [3.05, 3.63) is 30.2 Å². The van der Waals surface area contributed by atoms with E-state index in [1.54, 1.807) is 7.11 Å². The third-order valence-electron chi connectivity index (χ3n) is 2.18. The Bertz CT molecular complexity index is 453. The predicted octanol–water partition coefficient (Wildman–Crippen LogP) is 1.66. The van der Waals surface area contributed by atoms with Crippen LogP contribution in [0.5, 0.6) is 0 Å². The highest BCUT2D eigenvalue weighted by molar-refractivity contribution is 5.58. The molecule has 2 heterocycles. The van der Waals surface area contributed by atoms with Gasteiger partial charge in [0.05, 0.1) is 11.4 Å². The molecule has 0 aliphatic carbocycles. The molecule has 0 amide bonds. The molecule has 0 aliphatic rings. The Labute approximate surface area is 93.9 Å². The fourth-order valence-electron chi connectivity index (χ4n) is 1.45. The van der Waals surface area contributed by atoms with Gasteiger partial charge in [-0.15, -0.1) is 0 Å². The summed E-state index contributed by atoms with van der Waals surface area (Å²) in [5.74, 6) is 1.45. The first-order valence-electron chi connectivity index (χ1n) is 5.02. The number of H-pyrrole nitrogens is 1. The normalized spacial score (nSPS) is 10.4. The highest BCUT2D eigenvalue weighted by atomic mass is 16.5. The molecular weight excluding hydrogens is 204 g/mol. The summed E-state index contributed by atoms with van der Waals surface area (Å²) in [4.78, 5) is 11.8. The second-order valence-electron chi connectivity index (χ2n) is 3.32. The molecule has 2 aromatic rings. The number of anilines is 1. The Hall–Kier alpha value is -1.88. The largest absolute Gasteiger partial charge is 0.377 e. The Kier molecular flexibility index (Phi) is 3.16. The highest BCUT2D eigenvalue weighted by Gasteiger charge is 2.06. The Morgan fingerprint density at radius 1 is 1.44 bits per heavy atom. The summed E-state index contributed by atoms with van der Waals surface area (Å²) in [5, 5.41) is 3.01. The number of nitrogens with zero attached hydrogens (tertiary/aromatic N) is 2. The van der Waals surface area contributed by atoms with Crippen molar-refractivity contribution in [1.82, 2.24) is 15.0 Å². The van der Waals surface area contributed by atoms with Gasteiger partial charge in [-0.3, -0.25) is 0 Å². The van der Waals surface area contributed by atoms with Crippen molar-refractivity contribution < 1.29 is 4.74 Å². The van der Waals surface area contributed by atoms with E-state index < -0.39 is 0 Å². The quantitative estimate of drug-likeness (QED) is 0.819. The van der Waals surface area contributed by atoms with Crippen molar-refractivity contribution in [2.75, 3.05) is 19.5 Å². The summed E-state index contributed by atoms with van der Waals surface area (Å²) in [7, 11) is 3.46. The summed E-state index contributed by atoms with van der Waals surface area (Å²) >= 11 is 0. The average Bonchev–Trinajstić information content (AvgIpc) is 2.82. The molecule has 2 N–H and O–H groups in total. The fourth-order valence-corrected chi connectivity index (χ4v) is 1.45. The zero-order valence-electron chi connectivity index (χ0n) is 9.32. The van der Waals surface area contributed by atoms with E-state index >= 15 is 0 Å². The lowest BCUT2D eigenvalue weighted by atomic mass is 10.3. The van der Waals surface area contributed by atoms with Gasteiger partial charge in [0.2, 0.25) is 0 Å². The molecule has 0 radical (unpaired) electrons. The molecular formula is C11H14N4O. The van der Waals surface area contributed by atoms with Crippen LogP contribution in [-0.2, 0) is 11.3 Å². The molecule has 0 unspecified atom stereocenters. The second-order valence-corrected chi connectivity index (χ2v) is 3.32. The van der Waals surface area contributed by atoms with Gasteiger partial charge in [-0.1, -0.05) is 0 Å². The molecule has 0 fully saturated rings. The van der Waals surface area contributed by atoms with E-state index in [9.17, 15) is 0 Å². The number of hydrogen-bond acceptors (Lipinski definition) is 4. The van der Waals surface area contributed by atoms with Crippen molar-refractivity contribution in [2.24, 2.45) is 0 Å². The minimum atomic E-state index is 0.406. The Balaban J connectivity index is 2.41. The van der Waals surface area contributed by atoms with E-state index in [1.165, 1.54) is 0 Å². The third-order valence-corrected chi connectivity index (χ3v) is 2.18. The molecule has 0 aromatic carbocycles. The molecule has 0 aliphatic heterocycles. The van der Waals surface area contributed by atoms with Crippen molar-refractivity contribution in [1.29, 1.82) is 0 Å². The standard InChI is InChI=1S/C11H14N4O/c1-12-10-6-9(8-4-3-5-13-8)14-11(15-10)7-16-2/h3-6,13H,7H2,1-2H3,(H,12,14,15). The first-order chi connectivity index (χ1) is 7.83. The van der Waals surface area contributed by atoms with E-state index in [2.05, 4.69) is 20.3 Å². The van der Waals surface area contributed by atoms with E-state index in [4.69, 9.17) is 4.74 Å². The fraction of sp³-hybridized carbons (Fsp3) is 0.273. The van der Waals surface area contributed by atoms with E-state index in [0.29, 0.717) is 12.4 Å². The summed E-state index contributed by atoms with van der Waals surface area (Å²) in [6.07, 6.45) is 1.87. The van der Waals surface area contributed by atoms with Crippen LogP contribution in [0, 0.1) is 0 Å². The number of ether oxygens (including phenoxy) is 1. The van der Waals surface area contributed by atoms with Crippen molar-refractivity contribution in [3.8, 4) is 11.4 Å². The number of rotatable bonds is 4. The van der Waals surface area contributed by atoms with E-state index in [1.807, 2.05) is 31.4 Å². The molecule has 0 saturated carbocycles. The van der Waals surface area contributed by atoms with Crippen LogP contribution < -0.4 is 5.32 Å². The summed E-state index contributed by atoms with van der Waals surface area (Å²) in [6.45, 7) is 0.406. The molecule has 2 aromatic heterocycles. The highest BCUT2D eigenvalue weighted by Crippen LogP contribution is 2.17. The van der Waals surface area contributed by atoms with Gasteiger partial charge in [-0.2, -0.15) is 0 Å². The van der Waals surface area contributed by atoms with Crippen LogP contribution in [0.4, 0.5) is 5.82 Å².